The summed E-state index contributed by atoms with van der Waals surface area (Å²) < 4.78 is 5.53. The lowest BCUT2D eigenvalue weighted by Crippen LogP contribution is -2.09. The molecule has 0 heterocycles. The normalized spacial score (nSPS) is 9.93. The topological polar surface area (TPSA) is 46.5 Å². The van der Waals surface area contributed by atoms with Gasteiger partial charge in [-0.1, -0.05) is 23.2 Å². The Bertz CT molecular complexity index is 368. The first-order valence-corrected chi connectivity index (χ1v) is 5.04. The first-order valence-electron chi connectivity index (χ1n) is 3.50. The van der Waals surface area contributed by atoms with Crippen molar-refractivity contribution in [1.29, 1.82) is 0 Å². The standard InChI is InChI=1S/C8H5BrCl2O3/c9-4-1-6(11)7(2-5(4)10)14-3-8(12)13/h1-2H,3H2,(H,12,13). The molecule has 1 aromatic rings. The highest BCUT2D eigenvalue weighted by molar-refractivity contribution is 9.10. The molecule has 0 unspecified atom stereocenters. The van der Waals surface area contributed by atoms with Gasteiger partial charge in [0.2, 0.25) is 0 Å². The van der Waals surface area contributed by atoms with E-state index in [0.717, 1.165) is 0 Å². The van der Waals surface area contributed by atoms with Crippen LogP contribution in [-0.2, 0) is 4.79 Å². The van der Waals surface area contributed by atoms with E-state index in [1.54, 1.807) is 6.07 Å². The minimum Gasteiger partial charge on any atom is -0.480 e. The smallest absolute Gasteiger partial charge is 0.341 e. The van der Waals surface area contributed by atoms with E-state index in [1.165, 1.54) is 6.07 Å². The number of hydrogen-bond acceptors (Lipinski definition) is 2. The Morgan fingerprint density at radius 3 is 2.64 bits per heavy atom. The Morgan fingerprint density at radius 2 is 2.07 bits per heavy atom. The maximum Gasteiger partial charge on any atom is 0.341 e. The van der Waals surface area contributed by atoms with Crippen molar-refractivity contribution in [2.75, 3.05) is 6.61 Å². The van der Waals surface area contributed by atoms with E-state index in [0.29, 0.717) is 14.5 Å². The number of carboxylic acids is 1. The lowest BCUT2D eigenvalue weighted by Gasteiger charge is -2.06. The number of halogens is 3. The molecule has 1 aromatic carbocycles. The second-order valence-corrected chi connectivity index (χ2v) is 4.05. The molecule has 0 saturated heterocycles. The molecule has 0 radical (unpaired) electrons. The van der Waals surface area contributed by atoms with Gasteiger partial charge < -0.3 is 9.84 Å². The third-order valence-corrected chi connectivity index (χ3v) is 2.82. The Morgan fingerprint density at radius 1 is 1.43 bits per heavy atom. The summed E-state index contributed by atoms with van der Waals surface area (Å²) in [4.78, 5) is 10.2. The number of carbonyl (C=O) groups is 1. The van der Waals surface area contributed by atoms with Crippen LogP contribution in [0.1, 0.15) is 0 Å². The van der Waals surface area contributed by atoms with Crippen LogP contribution in [-0.4, -0.2) is 17.7 Å². The molecule has 3 nitrogen and oxygen atoms in total. The lowest BCUT2D eigenvalue weighted by atomic mass is 10.3. The highest BCUT2D eigenvalue weighted by Crippen LogP contribution is 2.33. The molecule has 0 saturated carbocycles. The molecule has 0 aromatic heterocycles. The Balaban J connectivity index is 2.87. The third kappa shape index (κ3) is 3.04. The molecule has 0 amide bonds. The largest absolute Gasteiger partial charge is 0.480 e. The van der Waals surface area contributed by atoms with Gasteiger partial charge in [-0.3, -0.25) is 0 Å². The van der Waals surface area contributed by atoms with Gasteiger partial charge in [0.05, 0.1) is 10.0 Å². The molecule has 1 rings (SSSR count). The van der Waals surface area contributed by atoms with E-state index in [4.69, 9.17) is 33.0 Å². The maximum absolute atomic E-state index is 10.2. The first-order chi connectivity index (χ1) is 6.50. The van der Waals surface area contributed by atoms with Crippen LogP contribution in [0.2, 0.25) is 10.0 Å². The molecular formula is C8H5BrCl2O3. The van der Waals surface area contributed by atoms with Crippen LogP contribution in [0.15, 0.2) is 16.6 Å². The van der Waals surface area contributed by atoms with Crippen molar-refractivity contribution in [3.63, 3.8) is 0 Å². The van der Waals surface area contributed by atoms with Crippen molar-refractivity contribution in [3.8, 4) is 5.75 Å². The van der Waals surface area contributed by atoms with Gasteiger partial charge in [-0.15, -0.1) is 0 Å². The summed E-state index contributed by atoms with van der Waals surface area (Å²) in [5, 5.41) is 9.10. The number of ether oxygens (including phenoxy) is 1. The average Bonchev–Trinajstić information content (AvgIpc) is 2.09. The first kappa shape index (κ1) is 11.6. The monoisotopic (exact) mass is 298 g/mol. The summed E-state index contributed by atoms with van der Waals surface area (Å²) in [6, 6.07) is 3.00. The van der Waals surface area contributed by atoms with Crippen LogP contribution in [0.3, 0.4) is 0 Å². The summed E-state index contributed by atoms with van der Waals surface area (Å²) >= 11 is 14.7. The van der Waals surface area contributed by atoms with Crippen molar-refractivity contribution in [3.05, 3.63) is 26.7 Å². The molecular weight excluding hydrogens is 295 g/mol. The molecule has 1 N–H and O–H groups in total. The minimum atomic E-state index is -1.07. The van der Waals surface area contributed by atoms with Gasteiger partial charge in [-0.25, -0.2) is 4.79 Å². The quantitative estimate of drug-likeness (QED) is 0.872. The van der Waals surface area contributed by atoms with E-state index in [1.807, 2.05) is 0 Å². The van der Waals surface area contributed by atoms with Crippen molar-refractivity contribution in [1.82, 2.24) is 0 Å². The van der Waals surface area contributed by atoms with Gasteiger partial charge in [0.1, 0.15) is 5.75 Å². The Kier molecular flexibility index (Phi) is 4.04. The van der Waals surface area contributed by atoms with E-state index >= 15 is 0 Å². The predicted molar refractivity (Wildman–Crippen MR) is 57.3 cm³/mol. The summed E-state index contributed by atoms with van der Waals surface area (Å²) in [5.41, 5.74) is 0. The fraction of sp³-hybridized carbons (Fsp3) is 0.125. The van der Waals surface area contributed by atoms with Crippen molar-refractivity contribution < 1.29 is 14.6 Å². The van der Waals surface area contributed by atoms with Gasteiger partial charge in [0, 0.05) is 10.5 Å². The summed E-state index contributed by atoms with van der Waals surface area (Å²) in [6.07, 6.45) is 0. The molecule has 6 heteroatoms. The molecule has 0 atom stereocenters. The summed E-state index contributed by atoms with van der Waals surface area (Å²) in [7, 11) is 0. The van der Waals surface area contributed by atoms with E-state index in [-0.39, 0.29) is 5.75 Å². The highest BCUT2D eigenvalue weighted by atomic mass is 79.9. The summed E-state index contributed by atoms with van der Waals surface area (Å²) in [6.45, 7) is -0.447. The number of benzene rings is 1. The highest BCUT2D eigenvalue weighted by Gasteiger charge is 2.08. The van der Waals surface area contributed by atoms with E-state index in [9.17, 15) is 4.79 Å². The number of aliphatic carboxylic acids is 1. The van der Waals surface area contributed by atoms with Crippen molar-refractivity contribution in [2.45, 2.75) is 0 Å². The molecule has 0 spiro atoms. The van der Waals surface area contributed by atoms with Crippen LogP contribution in [0.25, 0.3) is 0 Å². The van der Waals surface area contributed by atoms with Crippen LogP contribution < -0.4 is 4.74 Å². The molecule has 14 heavy (non-hydrogen) atoms. The van der Waals surface area contributed by atoms with Crippen molar-refractivity contribution >= 4 is 45.1 Å². The molecule has 0 aliphatic carbocycles. The fourth-order valence-electron chi connectivity index (χ4n) is 0.754. The maximum atomic E-state index is 10.2. The minimum absolute atomic E-state index is 0.252. The van der Waals surface area contributed by atoms with Crippen molar-refractivity contribution in [2.24, 2.45) is 0 Å². The fourth-order valence-corrected chi connectivity index (χ4v) is 1.60. The predicted octanol–water partition coefficient (Wildman–Crippen LogP) is 3.22. The van der Waals surface area contributed by atoms with Crippen LogP contribution in [0.5, 0.6) is 5.75 Å². The Labute approximate surface area is 98.7 Å². The molecule has 0 aliphatic heterocycles. The molecule has 0 fully saturated rings. The summed E-state index contributed by atoms with van der Waals surface area (Å²) in [5.74, 6) is -0.817. The SMILES string of the molecule is O=C(O)COc1cc(Cl)c(Br)cc1Cl. The van der Waals surface area contributed by atoms with Crippen LogP contribution in [0.4, 0.5) is 0 Å². The zero-order valence-corrected chi connectivity index (χ0v) is 9.86. The average molecular weight is 300 g/mol. The van der Waals surface area contributed by atoms with Crippen LogP contribution >= 0.6 is 39.1 Å². The van der Waals surface area contributed by atoms with E-state index in [2.05, 4.69) is 15.9 Å². The van der Waals surface area contributed by atoms with Crippen LogP contribution in [0, 0.1) is 0 Å². The van der Waals surface area contributed by atoms with Gasteiger partial charge in [-0.05, 0) is 22.0 Å². The number of hydrogen-bond donors (Lipinski definition) is 1. The molecule has 0 aliphatic rings. The number of carboxylic acid groups (broad SMARTS) is 1. The Hall–Kier alpha value is -0.450. The van der Waals surface area contributed by atoms with Gasteiger partial charge in [0.25, 0.3) is 0 Å². The number of rotatable bonds is 3. The second-order valence-electron chi connectivity index (χ2n) is 2.38. The van der Waals surface area contributed by atoms with Gasteiger partial charge in [-0.2, -0.15) is 0 Å². The zero-order valence-electron chi connectivity index (χ0n) is 6.76. The lowest BCUT2D eigenvalue weighted by molar-refractivity contribution is -0.139. The second kappa shape index (κ2) is 4.87. The third-order valence-electron chi connectivity index (χ3n) is 1.33. The van der Waals surface area contributed by atoms with E-state index < -0.39 is 12.6 Å². The van der Waals surface area contributed by atoms with Gasteiger partial charge >= 0.3 is 5.97 Å². The molecule has 0 bridgehead atoms. The van der Waals surface area contributed by atoms with Gasteiger partial charge in [0.15, 0.2) is 6.61 Å². The molecule has 76 valence electrons. The zero-order chi connectivity index (χ0) is 10.7.